The first-order chi connectivity index (χ1) is 17.1. The molecule has 0 saturated carbocycles. The number of nitrogens with zero attached hydrogens (tertiary/aromatic N) is 1. The lowest BCUT2D eigenvalue weighted by molar-refractivity contribution is 0.0950. The summed E-state index contributed by atoms with van der Waals surface area (Å²) < 4.78 is 10.5. The maximum Gasteiger partial charge on any atom is 0.323 e. The molecule has 1 aliphatic rings. The maximum atomic E-state index is 12.9. The molecule has 3 aromatic rings. The summed E-state index contributed by atoms with van der Waals surface area (Å²) in [5.41, 5.74) is 3.46. The number of methoxy groups -OCH3 is 2. The Bertz CT molecular complexity index is 1170. The molecule has 0 spiro atoms. The van der Waals surface area contributed by atoms with E-state index in [0.717, 1.165) is 42.9 Å². The summed E-state index contributed by atoms with van der Waals surface area (Å²) in [4.78, 5) is 27.9. The molecule has 1 fully saturated rings. The summed E-state index contributed by atoms with van der Waals surface area (Å²) in [7, 11) is 3.20. The first-order valence-corrected chi connectivity index (χ1v) is 11.6. The number of para-hydroxylation sites is 1. The predicted molar refractivity (Wildman–Crippen MR) is 138 cm³/mol. The fraction of sp³-hybridized carbons (Fsp3) is 0.259. The van der Waals surface area contributed by atoms with E-state index < -0.39 is 0 Å². The van der Waals surface area contributed by atoms with Gasteiger partial charge in [-0.3, -0.25) is 4.79 Å². The molecule has 1 heterocycles. The standard InChI is InChI=1S/C27H30N4O4/c1-34-22-12-10-21(11-13-22)29-27(33)30-23-17-19(9-14-24(23)31-15-5-6-16-31)26(32)28-18-20-7-3-4-8-25(20)35-2/h3-4,7-14,17H,5-6,15-16,18H2,1-2H3,(H,28,32)(H2,29,30,33). The van der Waals surface area contributed by atoms with Crippen LogP contribution in [-0.2, 0) is 6.54 Å². The third-order valence-electron chi connectivity index (χ3n) is 5.93. The Morgan fingerprint density at radius 1 is 0.886 bits per heavy atom. The van der Waals surface area contributed by atoms with E-state index >= 15 is 0 Å². The van der Waals surface area contributed by atoms with Gasteiger partial charge in [0.25, 0.3) is 5.91 Å². The average Bonchev–Trinajstić information content (AvgIpc) is 3.42. The van der Waals surface area contributed by atoms with Crippen LogP contribution < -0.4 is 30.3 Å². The minimum atomic E-state index is -0.387. The summed E-state index contributed by atoms with van der Waals surface area (Å²) >= 11 is 0. The van der Waals surface area contributed by atoms with Crippen LogP contribution in [0, 0.1) is 0 Å². The van der Waals surface area contributed by atoms with Gasteiger partial charge in [-0.15, -0.1) is 0 Å². The number of carbonyl (C=O) groups is 2. The SMILES string of the molecule is COc1ccc(NC(=O)Nc2cc(C(=O)NCc3ccccc3OC)ccc2N2CCCC2)cc1. The smallest absolute Gasteiger partial charge is 0.323 e. The Hall–Kier alpha value is -4.20. The Balaban J connectivity index is 1.50. The molecule has 1 aliphatic heterocycles. The van der Waals surface area contributed by atoms with Crippen molar-refractivity contribution in [1.29, 1.82) is 0 Å². The van der Waals surface area contributed by atoms with Crippen LogP contribution in [0.1, 0.15) is 28.8 Å². The number of benzene rings is 3. The highest BCUT2D eigenvalue weighted by Crippen LogP contribution is 2.30. The third kappa shape index (κ3) is 6.03. The van der Waals surface area contributed by atoms with Gasteiger partial charge >= 0.3 is 6.03 Å². The van der Waals surface area contributed by atoms with Gasteiger partial charge in [0.05, 0.1) is 25.6 Å². The number of rotatable bonds is 8. The van der Waals surface area contributed by atoms with Gasteiger partial charge < -0.3 is 30.3 Å². The number of amides is 3. The zero-order chi connectivity index (χ0) is 24.6. The van der Waals surface area contributed by atoms with E-state index in [-0.39, 0.29) is 11.9 Å². The molecule has 4 rings (SSSR count). The number of anilines is 3. The summed E-state index contributed by atoms with van der Waals surface area (Å²) in [6, 6.07) is 19.7. The fourth-order valence-electron chi connectivity index (χ4n) is 4.10. The molecule has 182 valence electrons. The lowest BCUT2D eigenvalue weighted by Gasteiger charge is -2.22. The quantitative estimate of drug-likeness (QED) is 0.433. The van der Waals surface area contributed by atoms with Crippen LogP contribution in [0.25, 0.3) is 0 Å². The monoisotopic (exact) mass is 474 g/mol. The van der Waals surface area contributed by atoms with Crippen molar-refractivity contribution in [2.45, 2.75) is 19.4 Å². The van der Waals surface area contributed by atoms with Crippen LogP contribution in [0.5, 0.6) is 11.5 Å². The van der Waals surface area contributed by atoms with Gasteiger partial charge in [0.1, 0.15) is 11.5 Å². The second-order valence-electron chi connectivity index (χ2n) is 8.23. The molecular weight excluding hydrogens is 444 g/mol. The minimum Gasteiger partial charge on any atom is -0.497 e. The zero-order valence-corrected chi connectivity index (χ0v) is 20.0. The summed E-state index contributed by atoms with van der Waals surface area (Å²) in [5, 5.41) is 8.70. The minimum absolute atomic E-state index is 0.234. The van der Waals surface area contributed by atoms with E-state index in [1.165, 1.54) is 0 Å². The highest BCUT2D eigenvalue weighted by Gasteiger charge is 2.19. The highest BCUT2D eigenvalue weighted by molar-refractivity contribution is 6.04. The van der Waals surface area contributed by atoms with E-state index in [4.69, 9.17) is 9.47 Å². The van der Waals surface area contributed by atoms with Crippen molar-refractivity contribution in [3.05, 3.63) is 77.9 Å². The number of ether oxygens (including phenoxy) is 2. The number of hydrogen-bond acceptors (Lipinski definition) is 5. The molecule has 3 aromatic carbocycles. The predicted octanol–water partition coefficient (Wildman–Crippen LogP) is 4.88. The average molecular weight is 475 g/mol. The van der Waals surface area contributed by atoms with Gasteiger partial charge in [0, 0.05) is 36.4 Å². The molecule has 0 aliphatic carbocycles. The summed E-state index contributed by atoms with van der Waals surface area (Å²) in [6.07, 6.45) is 2.19. The topological polar surface area (TPSA) is 91.9 Å². The first kappa shape index (κ1) is 23.9. The van der Waals surface area contributed by atoms with Crippen molar-refractivity contribution in [1.82, 2.24) is 5.32 Å². The largest absolute Gasteiger partial charge is 0.497 e. The van der Waals surface area contributed by atoms with Crippen LogP contribution in [-0.4, -0.2) is 39.2 Å². The number of carbonyl (C=O) groups excluding carboxylic acids is 2. The summed E-state index contributed by atoms with van der Waals surface area (Å²) in [6.45, 7) is 2.15. The molecule has 8 heteroatoms. The van der Waals surface area contributed by atoms with E-state index in [2.05, 4.69) is 20.9 Å². The van der Waals surface area contributed by atoms with E-state index in [9.17, 15) is 9.59 Å². The molecule has 1 saturated heterocycles. The van der Waals surface area contributed by atoms with E-state index in [1.807, 2.05) is 30.3 Å². The van der Waals surface area contributed by atoms with Gasteiger partial charge in [0.2, 0.25) is 0 Å². The molecule has 3 amide bonds. The number of hydrogen-bond donors (Lipinski definition) is 3. The second-order valence-corrected chi connectivity index (χ2v) is 8.23. The number of nitrogens with one attached hydrogen (secondary N) is 3. The molecule has 0 bridgehead atoms. The van der Waals surface area contributed by atoms with Crippen molar-refractivity contribution >= 4 is 29.0 Å². The molecule has 35 heavy (non-hydrogen) atoms. The molecule has 0 unspecified atom stereocenters. The lowest BCUT2D eigenvalue weighted by atomic mass is 10.1. The van der Waals surface area contributed by atoms with E-state index in [0.29, 0.717) is 29.2 Å². The molecule has 0 aromatic heterocycles. The number of urea groups is 1. The zero-order valence-electron chi connectivity index (χ0n) is 20.0. The van der Waals surface area contributed by atoms with Gasteiger partial charge in [-0.25, -0.2) is 4.79 Å². The van der Waals surface area contributed by atoms with Gasteiger partial charge in [-0.05, 0) is 61.4 Å². The van der Waals surface area contributed by atoms with Crippen molar-refractivity contribution in [3.63, 3.8) is 0 Å². The molecular formula is C27H30N4O4. The third-order valence-corrected chi connectivity index (χ3v) is 5.93. The fourth-order valence-corrected chi connectivity index (χ4v) is 4.10. The van der Waals surface area contributed by atoms with Gasteiger partial charge in [-0.1, -0.05) is 18.2 Å². The lowest BCUT2D eigenvalue weighted by Crippen LogP contribution is -2.26. The van der Waals surface area contributed by atoms with Gasteiger partial charge in [-0.2, -0.15) is 0 Å². The Morgan fingerprint density at radius 3 is 2.34 bits per heavy atom. The molecule has 3 N–H and O–H groups in total. The van der Waals surface area contributed by atoms with Crippen molar-refractivity contribution < 1.29 is 19.1 Å². The van der Waals surface area contributed by atoms with E-state index in [1.54, 1.807) is 50.6 Å². The Labute approximate surface area is 205 Å². The second kappa shape index (κ2) is 11.3. The van der Waals surface area contributed by atoms with Crippen LogP contribution in [0.3, 0.4) is 0 Å². The molecule has 8 nitrogen and oxygen atoms in total. The first-order valence-electron chi connectivity index (χ1n) is 11.6. The Morgan fingerprint density at radius 2 is 1.63 bits per heavy atom. The van der Waals surface area contributed by atoms with Crippen LogP contribution >= 0.6 is 0 Å². The van der Waals surface area contributed by atoms with Crippen molar-refractivity contribution in [3.8, 4) is 11.5 Å². The summed E-state index contributed by atoms with van der Waals surface area (Å²) in [5.74, 6) is 1.19. The van der Waals surface area contributed by atoms with Crippen molar-refractivity contribution in [2.75, 3.05) is 42.8 Å². The van der Waals surface area contributed by atoms with Crippen molar-refractivity contribution in [2.24, 2.45) is 0 Å². The maximum absolute atomic E-state index is 12.9. The van der Waals surface area contributed by atoms with Crippen LogP contribution in [0.2, 0.25) is 0 Å². The highest BCUT2D eigenvalue weighted by atomic mass is 16.5. The van der Waals surface area contributed by atoms with Gasteiger partial charge in [0.15, 0.2) is 0 Å². The molecule has 0 radical (unpaired) electrons. The molecule has 0 atom stereocenters. The Kier molecular flexibility index (Phi) is 7.72. The van der Waals surface area contributed by atoms with Crippen LogP contribution in [0.4, 0.5) is 21.9 Å². The normalized spacial score (nSPS) is 12.7. The van der Waals surface area contributed by atoms with Crippen LogP contribution in [0.15, 0.2) is 66.7 Å².